The van der Waals surface area contributed by atoms with E-state index in [2.05, 4.69) is 17.2 Å². The molecule has 4 nitrogen and oxygen atoms in total. The number of hydrogen-bond donors (Lipinski definition) is 3. The number of halogens is 1. The number of rotatable bonds is 2. The van der Waals surface area contributed by atoms with E-state index < -0.39 is 0 Å². The highest BCUT2D eigenvalue weighted by Crippen LogP contribution is 2.28. The second-order valence-electron chi connectivity index (χ2n) is 3.43. The minimum atomic E-state index is -0.0957. The zero-order valence-electron chi connectivity index (χ0n) is 9.38. The lowest BCUT2D eigenvalue weighted by Crippen LogP contribution is -2.20. The Bertz CT molecular complexity index is 489. The van der Waals surface area contributed by atoms with Crippen LogP contribution < -0.4 is 11.1 Å². The van der Waals surface area contributed by atoms with E-state index in [1.54, 1.807) is 6.07 Å². The first-order chi connectivity index (χ1) is 8.00. The quantitative estimate of drug-likeness (QED) is 0.323. The number of aromatic hydroxyl groups is 1. The molecule has 90 valence electrons. The predicted octanol–water partition coefficient (Wildman–Crippen LogP) is 1.51. The van der Waals surface area contributed by atoms with Gasteiger partial charge in [0.05, 0.1) is 11.3 Å². The summed E-state index contributed by atoms with van der Waals surface area (Å²) in [5, 5.41) is 12.6. The van der Waals surface area contributed by atoms with Gasteiger partial charge in [0.2, 0.25) is 5.91 Å². The Balaban J connectivity index is 2.68. The summed E-state index contributed by atoms with van der Waals surface area (Å²) in [6, 6.07) is 3.00. The minimum Gasteiger partial charge on any atom is -0.505 e. The van der Waals surface area contributed by atoms with E-state index in [0.717, 1.165) is 0 Å². The van der Waals surface area contributed by atoms with Crippen molar-refractivity contribution in [1.82, 2.24) is 5.32 Å². The van der Waals surface area contributed by atoms with Gasteiger partial charge in [-0.1, -0.05) is 23.4 Å². The van der Waals surface area contributed by atoms with Crippen LogP contribution in [0.2, 0.25) is 5.02 Å². The van der Waals surface area contributed by atoms with E-state index >= 15 is 0 Å². The molecule has 1 rings (SSSR count). The van der Waals surface area contributed by atoms with Crippen LogP contribution in [0.15, 0.2) is 12.1 Å². The van der Waals surface area contributed by atoms with Gasteiger partial charge in [-0.3, -0.25) is 4.79 Å². The molecule has 0 radical (unpaired) electrons. The largest absolute Gasteiger partial charge is 0.505 e. The molecule has 0 spiro atoms. The van der Waals surface area contributed by atoms with Crippen molar-refractivity contribution < 1.29 is 9.90 Å². The number of carbonyl (C=O) groups is 1. The molecule has 0 aromatic heterocycles. The summed E-state index contributed by atoms with van der Waals surface area (Å²) in [6.07, 6.45) is 0.492. The first-order valence-corrected chi connectivity index (χ1v) is 5.40. The third kappa shape index (κ3) is 4.25. The maximum atomic E-state index is 10.6. The summed E-state index contributed by atoms with van der Waals surface area (Å²) in [5.41, 5.74) is 6.12. The van der Waals surface area contributed by atoms with Gasteiger partial charge in [-0.25, -0.2) is 0 Å². The summed E-state index contributed by atoms with van der Waals surface area (Å²) in [6.45, 7) is 1.91. The Morgan fingerprint density at radius 2 is 2.29 bits per heavy atom. The fourth-order valence-corrected chi connectivity index (χ4v) is 1.40. The summed E-state index contributed by atoms with van der Waals surface area (Å²) in [4.78, 5) is 10.6. The van der Waals surface area contributed by atoms with Gasteiger partial charge in [-0.05, 0) is 12.1 Å². The summed E-state index contributed by atoms with van der Waals surface area (Å²) >= 11 is 5.79. The Morgan fingerprint density at radius 3 is 2.94 bits per heavy atom. The van der Waals surface area contributed by atoms with E-state index in [1.165, 1.54) is 13.0 Å². The number of phenolic OH excluding ortho intramolecular Hbond substituents is 1. The van der Waals surface area contributed by atoms with Crippen molar-refractivity contribution in [1.29, 1.82) is 0 Å². The molecular weight excluding hydrogens is 240 g/mol. The van der Waals surface area contributed by atoms with Crippen LogP contribution in [-0.4, -0.2) is 17.6 Å². The topological polar surface area (TPSA) is 75.4 Å². The lowest BCUT2D eigenvalue weighted by atomic mass is 10.1. The standard InChI is InChI=1S/C12H13ClN2O2/c1-8(16)15-5-3-2-4-9-6-10(13)7-11(14)12(9)17/h6-7,17H,3,5,14H2,1H3,(H,15,16). The second kappa shape index (κ2) is 6.02. The predicted molar refractivity (Wildman–Crippen MR) is 67.7 cm³/mol. The van der Waals surface area contributed by atoms with Crippen LogP contribution in [0.1, 0.15) is 18.9 Å². The van der Waals surface area contributed by atoms with Crippen LogP contribution >= 0.6 is 11.6 Å². The van der Waals surface area contributed by atoms with Crippen molar-refractivity contribution in [2.24, 2.45) is 0 Å². The molecule has 0 aliphatic carbocycles. The van der Waals surface area contributed by atoms with Crippen molar-refractivity contribution in [3.8, 4) is 17.6 Å². The van der Waals surface area contributed by atoms with Gasteiger partial charge in [0, 0.05) is 24.9 Å². The number of nitrogen functional groups attached to an aromatic ring is 1. The van der Waals surface area contributed by atoms with Crippen molar-refractivity contribution >= 4 is 23.2 Å². The molecule has 0 aliphatic heterocycles. The zero-order chi connectivity index (χ0) is 12.8. The monoisotopic (exact) mass is 252 g/mol. The Morgan fingerprint density at radius 1 is 1.59 bits per heavy atom. The smallest absolute Gasteiger partial charge is 0.216 e. The number of nitrogens with one attached hydrogen (secondary N) is 1. The molecule has 0 unspecified atom stereocenters. The lowest BCUT2D eigenvalue weighted by Gasteiger charge is -2.02. The van der Waals surface area contributed by atoms with Gasteiger partial charge in [-0.15, -0.1) is 0 Å². The highest BCUT2D eigenvalue weighted by Gasteiger charge is 2.04. The van der Waals surface area contributed by atoms with Gasteiger partial charge >= 0.3 is 0 Å². The van der Waals surface area contributed by atoms with E-state index in [1.807, 2.05) is 0 Å². The zero-order valence-corrected chi connectivity index (χ0v) is 10.1. The summed E-state index contributed by atoms with van der Waals surface area (Å²) in [5.74, 6) is 5.40. The van der Waals surface area contributed by atoms with Gasteiger partial charge in [0.15, 0.2) is 5.75 Å². The molecule has 0 aliphatic rings. The normalized spacial score (nSPS) is 9.29. The summed E-state index contributed by atoms with van der Waals surface area (Å²) < 4.78 is 0. The number of anilines is 1. The number of amides is 1. The van der Waals surface area contributed by atoms with Crippen molar-refractivity contribution in [2.45, 2.75) is 13.3 Å². The molecule has 1 aromatic rings. The van der Waals surface area contributed by atoms with Gasteiger partial charge in [0.25, 0.3) is 0 Å². The number of nitrogens with two attached hydrogens (primary N) is 1. The van der Waals surface area contributed by atoms with Gasteiger partial charge < -0.3 is 16.2 Å². The molecule has 0 saturated carbocycles. The third-order valence-corrected chi connectivity index (χ3v) is 2.17. The summed E-state index contributed by atoms with van der Waals surface area (Å²) in [7, 11) is 0. The van der Waals surface area contributed by atoms with E-state index in [9.17, 15) is 9.90 Å². The molecule has 0 heterocycles. The number of benzene rings is 1. The second-order valence-corrected chi connectivity index (χ2v) is 3.86. The first kappa shape index (κ1) is 13.2. The molecule has 0 bridgehead atoms. The number of carbonyl (C=O) groups excluding carboxylic acids is 1. The van der Waals surface area contributed by atoms with Crippen molar-refractivity contribution in [3.05, 3.63) is 22.7 Å². The highest BCUT2D eigenvalue weighted by molar-refractivity contribution is 6.31. The first-order valence-electron chi connectivity index (χ1n) is 5.02. The SMILES string of the molecule is CC(=O)NCCC#Cc1cc(Cl)cc(N)c1O. The van der Waals surface area contributed by atoms with Crippen LogP contribution in [0, 0.1) is 11.8 Å². The van der Waals surface area contributed by atoms with Gasteiger partial charge in [-0.2, -0.15) is 0 Å². The average molecular weight is 253 g/mol. The van der Waals surface area contributed by atoms with E-state index in [4.69, 9.17) is 17.3 Å². The maximum absolute atomic E-state index is 10.6. The molecule has 1 amide bonds. The lowest BCUT2D eigenvalue weighted by molar-refractivity contribution is -0.118. The maximum Gasteiger partial charge on any atom is 0.216 e. The van der Waals surface area contributed by atoms with Crippen molar-refractivity contribution in [2.75, 3.05) is 12.3 Å². The van der Waals surface area contributed by atoms with Crippen LogP contribution in [0.25, 0.3) is 0 Å². The molecule has 0 fully saturated rings. The van der Waals surface area contributed by atoms with Crippen LogP contribution in [0.4, 0.5) is 5.69 Å². The number of phenols is 1. The van der Waals surface area contributed by atoms with E-state index in [-0.39, 0.29) is 17.3 Å². The van der Waals surface area contributed by atoms with Gasteiger partial charge in [0.1, 0.15) is 0 Å². The molecule has 0 atom stereocenters. The molecule has 17 heavy (non-hydrogen) atoms. The highest BCUT2D eigenvalue weighted by atomic mass is 35.5. The van der Waals surface area contributed by atoms with Crippen molar-refractivity contribution in [3.63, 3.8) is 0 Å². The fraction of sp³-hybridized carbons (Fsp3) is 0.250. The average Bonchev–Trinajstić information content (AvgIpc) is 2.23. The minimum absolute atomic E-state index is 0.0681. The number of hydrogen-bond acceptors (Lipinski definition) is 3. The van der Waals surface area contributed by atoms with Crippen LogP contribution in [-0.2, 0) is 4.79 Å². The third-order valence-electron chi connectivity index (χ3n) is 1.95. The molecule has 0 saturated heterocycles. The Hall–Kier alpha value is -1.86. The van der Waals surface area contributed by atoms with Crippen LogP contribution in [0.5, 0.6) is 5.75 Å². The molecule has 4 N–H and O–H groups in total. The van der Waals surface area contributed by atoms with Crippen LogP contribution in [0.3, 0.4) is 0 Å². The Kier molecular flexibility index (Phi) is 4.68. The molecular formula is C12H13ClN2O2. The fourth-order valence-electron chi connectivity index (χ4n) is 1.17. The Labute approximate surface area is 105 Å². The molecule has 1 aromatic carbocycles. The van der Waals surface area contributed by atoms with E-state index in [0.29, 0.717) is 23.6 Å². The molecule has 5 heteroatoms.